The van der Waals surface area contributed by atoms with Crippen LogP contribution in [0.4, 0.5) is 0 Å². The maximum atomic E-state index is 10.6. The molecule has 0 saturated carbocycles. The van der Waals surface area contributed by atoms with Crippen molar-refractivity contribution in [3.63, 3.8) is 0 Å². The number of carboxylic acids is 1. The fourth-order valence-corrected chi connectivity index (χ4v) is 2.03. The molecular weight excluding hydrogens is 202 g/mol. The maximum Gasteiger partial charge on any atom is 0.320 e. The normalized spacial score (nSPS) is 15.4. The van der Waals surface area contributed by atoms with Crippen LogP contribution in [0.3, 0.4) is 0 Å². The third-order valence-electron chi connectivity index (χ3n) is 2.97. The average molecular weight is 217 g/mol. The van der Waals surface area contributed by atoms with Gasteiger partial charge < -0.3 is 10.8 Å². The van der Waals surface area contributed by atoms with Gasteiger partial charge in [-0.2, -0.15) is 0 Å². The minimum absolute atomic E-state index is 0.496. The Morgan fingerprint density at radius 2 is 2.19 bits per heavy atom. The van der Waals surface area contributed by atoms with E-state index in [1.54, 1.807) is 0 Å². The molecule has 0 spiro atoms. The summed E-state index contributed by atoms with van der Waals surface area (Å²) in [6, 6.07) is 7.47. The first-order valence-electron chi connectivity index (χ1n) is 5.44. The Kier molecular flexibility index (Phi) is 3.06. The summed E-state index contributed by atoms with van der Waals surface area (Å²) in [5, 5.41) is 8.71. The zero-order valence-corrected chi connectivity index (χ0v) is 9.02. The van der Waals surface area contributed by atoms with Gasteiger partial charge in [-0.15, -0.1) is 0 Å². The molecule has 1 aromatic carbocycles. The molecule has 0 aromatic heterocycles. The van der Waals surface area contributed by atoms with Gasteiger partial charge >= 0.3 is 5.97 Å². The molecule has 1 aliphatic rings. The number of fused-ring (bicyclic) bond motifs is 1. The summed E-state index contributed by atoms with van der Waals surface area (Å²) in [6.45, 7) is 0. The van der Waals surface area contributed by atoms with E-state index in [4.69, 9.17) is 10.8 Å². The van der Waals surface area contributed by atoms with Crippen molar-refractivity contribution in [3.05, 3.63) is 41.5 Å². The van der Waals surface area contributed by atoms with Gasteiger partial charge in [0.1, 0.15) is 6.04 Å². The molecule has 1 unspecified atom stereocenters. The Labute approximate surface area is 94.6 Å². The van der Waals surface area contributed by atoms with E-state index in [-0.39, 0.29) is 0 Å². The third kappa shape index (κ3) is 2.14. The number of nitrogens with two attached hydrogens (primary N) is 1. The summed E-state index contributed by atoms with van der Waals surface area (Å²) >= 11 is 0. The zero-order chi connectivity index (χ0) is 11.5. The van der Waals surface area contributed by atoms with Gasteiger partial charge in [-0.3, -0.25) is 4.79 Å². The number of carboxylic acid groups (broad SMARTS) is 1. The van der Waals surface area contributed by atoms with Crippen LogP contribution in [0, 0.1) is 0 Å². The summed E-state index contributed by atoms with van der Waals surface area (Å²) in [7, 11) is 0. The van der Waals surface area contributed by atoms with Crippen molar-refractivity contribution in [2.24, 2.45) is 5.73 Å². The molecule has 0 aliphatic heterocycles. The molecule has 1 aromatic rings. The first-order chi connectivity index (χ1) is 7.68. The highest BCUT2D eigenvalue weighted by molar-refractivity contribution is 5.75. The van der Waals surface area contributed by atoms with E-state index in [1.807, 2.05) is 12.1 Å². The largest absolute Gasteiger partial charge is 0.480 e. The van der Waals surface area contributed by atoms with Crippen LogP contribution in [-0.2, 0) is 11.2 Å². The van der Waals surface area contributed by atoms with Gasteiger partial charge in [-0.1, -0.05) is 30.3 Å². The molecule has 0 amide bonds. The van der Waals surface area contributed by atoms with E-state index >= 15 is 0 Å². The van der Waals surface area contributed by atoms with Gasteiger partial charge in [0, 0.05) is 0 Å². The third-order valence-corrected chi connectivity index (χ3v) is 2.97. The molecule has 0 bridgehead atoms. The Bertz CT molecular complexity index is 437. The molecule has 2 rings (SSSR count). The van der Waals surface area contributed by atoms with E-state index in [1.165, 1.54) is 16.7 Å². The van der Waals surface area contributed by atoms with Gasteiger partial charge in [0.15, 0.2) is 0 Å². The molecule has 3 N–H and O–H groups in total. The quantitative estimate of drug-likeness (QED) is 0.808. The van der Waals surface area contributed by atoms with E-state index in [0.29, 0.717) is 6.42 Å². The molecule has 1 atom stereocenters. The predicted octanol–water partition coefficient (Wildman–Crippen LogP) is 1.82. The van der Waals surface area contributed by atoms with Gasteiger partial charge in [0.25, 0.3) is 0 Å². The summed E-state index contributed by atoms with van der Waals surface area (Å²) in [6.07, 6.45) is 4.35. The molecule has 16 heavy (non-hydrogen) atoms. The summed E-state index contributed by atoms with van der Waals surface area (Å²) in [5.74, 6) is -0.924. The summed E-state index contributed by atoms with van der Waals surface area (Å²) in [4.78, 5) is 10.6. The first-order valence-corrected chi connectivity index (χ1v) is 5.44. The summed E-state index contributed by atoms with van der Waals surface area (Å²) in [5.41, 5.74) is 9.29. The SMILES string of the molecule is NC(CCC1=CCc2ccccc21)C(=O)O. The standard InChI is InChI=1S/C13H15NO2/c14-12(13(15)16)8-7-10-6-5-9-3-1-2-4-11(9)10/h1-4,6,12H,5,7-8,14H2,(H,15,16). The number of hydrogen-bond donors (Lipinski definition) is 2. The van der Waals surface area contributed by atoms with Crippen molar-refractivity contribution >= 4 is 11.5 Å². The minimum atomic E-state index is -0.924. The van der Waals surface area contributed by atoms with Crippen LogP contribution in [0.25, 0.3) is 5.57 Å². The van der Waals surface area contributed by atoms with Crippen molar-refractivity contribution in [1.82, 2.24) is 0 Å². The van der Waals surface area contributed by atoms with Crippen LogP contribution < -0.4 is 5.73 Å². The lowest BCUT2D eigenvalue weighted by Crippen LogP contribution is -2.29. The van der Waals surface area contributed by atoms with Crippen LogP contribution in [0.15, 0.2) is 30.3 Å². The van der Waals surface area contributed by atoms with Crippen LogP contribution >= 0.6 is 0 Å². The van der Waals surface area contributed by atoms with Crippen LogP contribution in [0.5, 0.6) is 0 Å². The van der Waals surface area contributed by atoms with Crippen molar-refractivity contribution < 1.29 is 9.90 Å². The zero-order valence-electron chi connectivity index (χ0n) is 9.02. The molecule has 0 saturated heterocycles. The number of aliphatic carboxylic acids is 1. The Morgan fingerprint density at radius 1 is 1.44 bits per heavy atom. The van der Waals surface area contributed by atoms with Crippen LogP contribution in [-0.4, -0.2) is 17.1 Å². The second-order valence-corrected chi connectivity index (χ2v) is 4.07. The molecule has 84 valence electrons. The highest BCUT2D eigenvalue weighted by Gasteiger charge is 2.16. The lowest BCUT2D eigenvalue weighted by Gasteiger charge is -2.08. The van der Waals surface area contributed by atoms with Gasteiger partial charge in [0.2, 0.25) is 0 Å². The predicted molar refractivity (Wildman–Crippen MR) is 63.0 cm³/mol. The molecule has 1 aliphatic carbocycles. The molecule has 3 heteroatoms. The number of hydrogen-bond acceptors (Lipinski definition) is 2. The Morgan fingerprint density at radius 3 is 2.94 bits per heavy atom. The van der Waals surface area contributed by atoms with Crippen molar-refractivity contribution in [1.29, 1.82) is 0 Å². The van der Waals surface area contributed by atoms with E-state index < -0.39 is 12.0 Å². The highest BCUT2D eigenvalue weighted by Crippen LogP contribution is 2.30. The lowest BCUT2D eigenvalue weighted by atomic mass is 10.00. The smallest absolute Gasteiger partial charge is 0.320 e. The van der Waals surface area contributed by atoms with Crippen molar-refractivity contribution in [3.8, 4) is 0 Å². The average Bonchev–Trinajstić information content (AvgIpc) is 2.69. The van der Waals surface area contributed by atoms with E-state index in [2.05, 4.69) is 18.2 Å². The minimum Gasteiger partial charge on any atom is -0.480 e. The Balaban J connectivity index is 2.01. The fourth-order valence-electron chi connectivity index (χ4n) is 2.03. The molecule has 0 heterocycles. The van der Waals surface area contributed by atoms with E-state index in [9.17, 15) is 4.79 Å². The van der Waals surface area contributed by atoms with Gasteiger partial charge in [0.05, 0.1) is 0 Å². The lowest BCUT2D eigenvalue weighted by molar-refractivity contribution is -0.138. The first kappa shape index (κ1) is 10.9. The second kappa shape index (κ2) is 4.49. The topological polar surface area (TPSA) is 63.3 Å². The van der Waals surface area contributed by atoms with Crippen LogP contribution in [0.2, 0.25) is 0 Å². The van der Waals surface area contributed by atoms with Gasteiger partial charge in [-0.25, -0.2) is 0 Å². The Hall–Kier alpha value is -1.61. The van der Waals surface area contributed by atoms with Gasteiger partial charge in [-0.05, 0) is 36.0 Å². The molecule has 0 fully saturated rings. The number of rotatable bonds is 4. The second-order valence-electron chi connectivity index (χ2n) is 4.07. The van der Waals surface area contributed by atoms with Crippen LogP contribution in [0.1, 0.15) is 24.0 Å². The summed E-state index contributed by atoms with van der Waals surface area (Å²) < 4.78 is 0. The molecule has 3 nitrogen and oxygen atoms in total. The molecular formula is C13H15NO2. The number of allylic oxidation sites excluding steroid dienone is 2. The van der Waals surface area contributed by atoms with E-state index in [0.717, 1.165) is 12.8 Å². The van der Waals surface area contributed by atoms with Crippen molar-refractivity contribution in [2.75, 3.05) is 0 Å². The molecule has 0 radical (unpaired) electrons. The monoisotopic (exact) mass is 217 g/mol. The number of benzene rings is 1. The highest BCUT2D eigenvalue weighted by atomic mass is 16.4. The number of carbonyl (C=O) groups is 1. The fraction of sp³-hybridized carbons (Fsp3) is 0.308. The van der Waals surface area contributed by atoms with Crippen molar-refractivity contribution in [2.45, 2.75) is 25.3 Å². The maximum absolute atomic E-state index is 10.6.